The number of carbonyl (C=O) groups is 2. The molecule has 0 saturated carbocycles. The van der Waals surface area contributed by atoms with E-state index in [-0.39, 0.29) is 37.2 Å². The third-order valence-electron chi connectivity index (χ3n) is 8.03. The predicted octanol–water partition coefficient (Wildman–Crippen LogP) is 10.2. The molecule has 0 spiro atoms. The standard InChI is InChI=1S/C20H29FO4.C20H27FO2.CH4/c1-5-9-17(22)18(23)19(16(21)12-14(4)13(2)3)25-20(24)15-10-7-6-8-11-15;1-5-6-8-13-19(18(21)14-16(4)15(2)3)23-20(22)17-11-9-7-10-12-17;/h6-8,10-14,17-19,22-23H,5,9H2,1-4H3;7-16,19H,5-6H2,1-4H3;1H4/b16-12+;13-8-,18-14+;/t14-,17+,18+,19?;16-,19?;/m00./s1. The Labute approximate surface area is 293 Å². The molecule has 2 N–H and O–H groups in total. The third kappa shape index (κ3) is 17.0. The highest BCUT2D eigenvalue weighted by Crippen LogP contribution is 2.24. The number of benzene rings is 2. The second-order valence-electron chi connectivity index (χ2n) is 12.8. The van der Waals surface area contributed by atoms with Crippen molar-refractivity contribution >= 4 is 11.9 Å². The van der Waals surface area contributed by atoms with Gasteiger partial charge < -0.3 is 19.7 Å². The number of ether oxygens (including phenoxy) is 2. The van der Waals surface area contributed by atoms with E-state index >= 15 is 0 Å². The van der Waals surface area contributed by atoms with Crippen LogP contribution >= 0.6 is 0 Å². The Hall–Kier alpha value is -3.62. The van der Waals surface area contributed by atoms with Gasteiger partial charge in [-0.2, -0.15) is 0 Å². The molecular weight excluding hydrogens is 626 g/mol. The molecule has 0 aliphatic carbocycles. The Bertz CT molecular complexity index is 1290. The molecule has 2 aromatic rings. The van der Waals surface area contributed by atoms with Crippen molar-refractivity contribution in [3.8, 4) is 0 Å². The topological polar surface area (TPSA) is 93.1 Å². The first kappa shape index (κ1) is 45.4. The van der Waals surface area contributed by atoms with Crippen LogP contribution in [0.25, 0.3) is 0 Å². The fraction of sp³-hybridized carbons (Fsp3) is 0.512. The Morgan fingerprint density at radius 1 is 0.714 bits per heavy atom. The first-order valence-corrected chi connectivity index (χ1v) is 17.0. The van der Waals surface area contributed by atoms with Gasteiger partial charge in [-0.1, -0.05) is 118 Å². The van der Waals surface area contributed by atoms with Gasteiger partial charge in [0.2, 0.25) is 0 Å². The number of carbonyl (C=O) groups excluding carboxylic acids is 2. The number of rotatable bonds is 17. The molecule has 0 aliphatic rings. The SMILES string of the molecule is C.CCC/C=C\C(OC(=O)c1ccccc1)/C(F)=C\[C@H](C)C(C)C.CCC[C@@H](O)[C@@H](O)C(OC(=O)c1ccccc1)/C(F)=C\[C@H](C)C(C)C. The van der Waals surface area contributed by atoms with Crippen LogP contribution in [0.15, 0.2) is 96.6 Å². The summed E-state index contributed by atoms with van der Waals surface area (Å²) < 4.78 is 39.8. The number of unbranched alkanes of at least 4 members (excludes halogenated alkanes) is 1. The van der Waals surface area contributed by atoms with Crippen molar-refractivity contribution in [1.29, 1.82) is 0 Å². The molecule has 0 heterocycles. The minimum atomic E-state index is -1.53. The van der Waals surface area contributed by atoms with E-state index < -0.39 is 48.0 Å². The lowest BCUT2D eigenvalue weighted by molar-refractivity contribution is -0.0657. The molecule has 0 saturated heterocycles. The largest absolute Gasteiger partial charge is 0.449 e. The van der Waals surface area contributed by atoms with Crippen LogP contribution in [-0.4, -0.2) is 46.6 Å². The molecule has 6 nitrogen and oxygen atoms in total. The van der Waals surface area contributed by atoms with Crippen molar-refractivity contribution in [3.05, 3.63) is 108 Å². The highest BCUT2D eigenvalue weighted by atomic mass is 19.1. The van der Waals surface area contributed by atoms with E-state index in [4.69, 9.17) is 9.47 Å². The number of aliphatic hydroxyl groups is 2. The van der Waals surface area contributed by atoms with Crippen LogP contribution < -0.4 is 0 Å². The van der Waals surface area contributed by atoms with Crippen LogP contribution in [-0.2, 0) is 9.47 Å². The molecule has 0 aromatic heterocycles. The van der Waals surface area contributed by atoms with Crippen molar-refractivity contribution in [1.82, 2.24) is 0 Å². The number of esters is 2. The Balaban J connectivity index is 0.000000925. The summed E-state index contributed by atoms with van der Waals surface area (Å²) in [4.78, 5) is 24.4. The van der Waals surface area contributed by atoms with Gasteiger partial charge in [-0.05, 0) is 79.0 Å². The third-order valence-corrected chi connectivity index (χ3v) is 8.03. The van der Waals surface area contributed by atoms with Crippen molar-refractivity contribution < 1.29 is 38.1 Å². The fourth-order valence-electron chi connectivity index (χ4n) is 4.12. The van der Waals surface area contributed by atoms with Crippen molar-refractivity contribution in [2.75, 3.05) is 0 Å². The van der Waals surface area contributed by atoms with E-state index in [9.17, 15) is 28.6 Å². The molecule has 2 rings (SSSR count). The van der Waals surface area contributed by atoms with E-state index in [1.165, 1.54) is 6.08 Å². The normalized spacial score (nSPS) is 15.7. The van der Waals surface area contributed by atoms with Crippen molar-refractivity contribution in [2.24, 2.45) is 23.7 Å². The second-order valence-corrected chi connectivity index (χ2v) is 12.8. The van der Waals surface area contributed by atoms with Crippen LogP contribution in [0.3, 0.4) is 0 Å². The van der Waals surface area contributed by atoms with Crippen LogP contribution in [0.2, 0.25) is 0 Å². The number of hydrogen-bond acceptors (Lipinski definition) is 6. The molecule has 0 fully saturated rings. The number of allylic oxidation sites excluding steroid dienone is 3. The Kier molecular flexibility index (Phi) is 22.7. The zero-order valence-corrected chi connectivity index (χ0v) is 29.8. The summed E-state index contributed by atoms with van der Waals surface area (Å²) in [7, 11) is 0. The second kappa shape index (κ2) is 24.5. The summed E-state index contributed by atoms with van der Waals surface area (Å²) in [5, 5.41) is 20.3. The zero-order valence-electron chi connectivity index (χ0n) is 29.8. The number of halogens is 2. The molecule has 8 heteroatoms. The van der Waals surface area contributed by atoms with Gasteiger partial charge in [0, 0.05) is 0 Å². The predicted molar refractivity (Wildman–Crippen MR) is 195 cm³/mol. The lowest BCUT2D eigenvalue weighted by Gasteiger charge is -2.26. The van der Waals surface area contributed by atoms with Gasteiger partial charge in [-0.15, -0.1) is 0 Å². The van der Waals surface area contributed by atoms with Gasteiger partial charge in [-0.25, -0.2) is 18.4 Å². The van der Waals surface area contributed by atoms with Gasteiger partial charge in [0.25, 0.3) is 0 Å². The van der Waals surface area contributed by atoms with Gasteiger partial charge in [0.1, 0.15) is 17.8 Å². The Morgan fingerprint density at radius 3 is 1.59 bits per heavy atom. The summed E-state index contributed by atoms with van der Waals surface area (Å²) >= 11 is 0. The van der Waals surface area contributed by atoms with Crippen molar-refractivity contribution in [2.45, 2.75) is 113 Å². The van der Waals surface area contributed by atoms with E-state index in [1.807, 2.05) is 67.5 Å². The van der Waals surface area contributed by atoms with Crippen LogP contribution in [0.1, 0.15) is 109 Å². The van der Waals surface area contributed by atoms with E-state index in [0.717, 1.165) is 12.8 Å². The molecule has 2 unspecified atom stereocenters. The van der Waals surface area contributed by atoms with Gasteiger partial charge in [0.15, 0.2) is 12.2 Å². The van der Waals surface area contributed by atoms with E-state index in [2.05, 4.69) is 0 Å². The summed E-state index contributed by atoms with van der Waals surface area (Å²) in [6, 6.07) is 16.8. The molecule has 49 heavy (non-hydrogen) atoms. The first-order chi connectivity index (χ1) is 22.7. The average Bonchev–Trinajstić information content (AvgIpc) is 3.07. The molecule has 274 valence electrons. The monoisotopic (exact) mass is 686 g/mol. The lowest BCUT2D eigenvalue weighted by atomic mass is 9.95. The molecule has 6 atom stereocenters. The molecule has 0 aliphatic heterocycles. The quantitative estimate of drug-likeness (QED) is 0.127. The minimum Gasteiger partial charge on any atom is -0.449 e. The highest BCUT2D eigenvalue weighted by molar-refractivity contribution is 5.90. The number of hydrogen-bond donors (Lipinski definition) is 2. The zero-order chi connectivity index (χ0) is 36.2. The smallest absolute Gasteiger partial charge is 0.339 e. The molecule has 2 aromatic carbocycles. The summed E-state index contributed by atoms with van der Waals surface area (Å²) in [5.74, 6) is -1.93. The van der Waals surface area contributed by atoms with Crippen LogP contribution in [0, 0.1) is 23.7 Å². The molecular formula is C41H60F2O6. The van der Waals surface area contributed by atoms with Crippen LogP contribution in [0.4, 0.5) is 8.78 Å². The van der Waals surface area contributed by atoms with Crippen LogP contribution in [0.5, 0.6) is 0 Å². The highest BCUT2D eigenvalue weighted by Gasteiger charge is 2.33. The summed E-state index contributed by atoms with van der Waals surface area (Å²) in [6.45, 7) is 15.6. The van der Waals surface area contributed by atoms with Gasteiger partial charge >= 0.3 is 11.9 Å². The molecule has 0 radical (unpaired) electrons. The number of aliphatic hydroxyl groups excluding tert-OH is 2. The summed E-state index contributed by atoms with van der Waals surface area (Å²) in [6.07, 6.45) is 3.87. The van der Waals surface area contributed by atoms with Gasteiger partial charge in [-0.3, -0.25) is 0 Å². The fourth-order valence-corrected chi connectivity index (χ4v) is 4.12. The molecule has 0 bridgehead atoms. The maximum atomic E-state index is 14.7. The maximum absolute atomic E-state index is 14.7. The first-order valence-electron chi connectivity index (χ1n) is 17.0. The lowest BCUT2D eigenvalue weighted by Crippen LogP contribution is -2.41. The Morgan fingerprint density at radius 2 is 1.16 bits per heavy atom. The van der Waals surface area contributed by atoms with Gasteiger partial charge in [0.05, 0.1) is 17.2 Å². The van der Waals surface area contributed by atoms with E-state index in [1.54, 1.807) is 66.7 Å². The molecule has 0 amide bonds. The minimum absolute atomic E-state index is 0. The average molecular weight is 687 g/mol. The maximum Gasteiger partial charge on any atom is 0.339 e. The summed E-state index contributed by atoms with van der Waals surface area (Å²) in [5.41, 5.74) is 0.681. The van der Waals surface area contributed by atoms with E-state index in [0.29, 0.717) is 17.9 Å². The van der Waals surface area contributed by atoms with Crippen molar-refractivity contribution in [3.63, 3.8) is 0 Å².